The Morgan fingerprint density at radius 1 is 1.55 bits per heavy atom. The second-order valence-corrected chi connectivity index (χ2v) is 2.95. The summed E-state index contributed by atoms with van der Waals surface area (Å²) < 4.78 is 4.72. The molecule has 0 bridgehead atoms. The van der Waals surface area contributed by atoms with E-state index in [4.69, 9.17) is 9.99 Å². The first kappa shape index (κ1) is 10.2. The highest BCUT2D eigenvalue weighted by molar-refractivity contribution is 5.59. The average molecular weight is 162 g/mol. The Labute approximate surface area is 66.0 Å². The molecule has 0 spiro atoms. The van der Waals surface area contributed by atoms with Gasteiger partial charge in [-0.2, -0.15) is 5.26 Å². The summed E-state index contributed by atoms with van der Waals surface area (Å²) in [6.45, 7) is 5.50. The van der Waals surface area contributed by atoms with Gasteiger partial charge in [-0.05, 0) is 20.3 Å². The molecule has 0 saturated heterocycles. The van der Waals surface area contributed by atoms with Crippen molar-refractivity contribution in [3.8, 4) is 0 Å². The second kappa shape index (κ2) is 4.18. The van der Waals surface area contributed by atoms with Crippen molar-refractivity contribution in [1.29, 1.82) is 0 Å². The molecule has 4 nitrogen and oxygen atoms in total. The van der Waals surface area contributed by atoms with Gasteiger partial charge in [0.2, 0.25) is 0 Å². The van der Waals surface area contributed by atoms with Crippen LogP contribution in [0.25, 0.3) is 0 Å². The van der Waals surface area contributed by atoms with Gasteiger partial charge in [-0.3, -0.25) is 4.89 Å². The van der Waals surface area contributed by atoms with Crippen LogP contribution in [-0.2, 0) is 9.62 Å². The molecular weight excluding hydrogens is 148 g/mol. The Hall–Kier alpha value is -0.770. The highest BCUT2D eigenvalue weighted by Gasteiger charge is 2.22. The summed E-state index contributed by atoms with van der Waals surface area (Å²) in [6.07, 6.45) is 0.594. The molecule has 0 aliphatic rings. The highest BCUT2D eigenvalue weighted by atomic mass is 17.1. The molecule has 4 heteroatoms. The predicted molar refractivity (Wildman–Crippen MR) is 39.2 cm³/mol. The Bertz CT molecular complexity index is 130. The zero-order valence-electron chi connectivity index (χ0n) is 7.09. The van der Waals surface area contributed by atoms with Crippen LogP contribution in [0.5, 0.6) is 0 Å². The van der Waals surface area contributed by atoms with Crippen LogP contribution in [0, 0.1) is 0 Å². The van der Waals surface area contributed by atoms with Gasteiger partial charge in [-0.1, -0.05) is 13.3 Å². The molecule has 1 N–H and O–H groups in total. The predicted octanol–water partition coefficient (Wildman–Crippen LogP) is 2.19. The van der Waals surface area contributed by atoms with Crippen molar-refractivity contribution in [2.45, 2.75) is 39.2 Å². The van der Waals surface area contributed by atoms with Crippen molar-refractivity contribution >= 4 is 6.16 Å². The lowest BCUT2D eigenvalue weighted by atomic mass is 10.0. The maximum Gasteiger partial charge on any atom is 0.540 e. The van der Waals surface area contributed by atoms with E-state index in [0.29, 0.717) is 0 Å². The maximum absolute atomic E-state index is 10.4. The quantitative estimate of drug-likeness (QED) is 0.392. The van der Waals surface area contributed by atoms with Crippen LogP contribution >= 0.6 is 0 Å². The van der Waals surface area contributed by atoms with E-state index >= 15 is 0 Å². The number of rotatable bonds is 3. The number of carbonyl (C=O) groups excluding carboxylic acids is 1. The fourth-order valence-corrected chi connectivity index (χ4v) is 0.897. The minimum atomic E-state index is -1.05. The number of hydrogen-bond donors (Lipinski definition) is 1. The van der Waals surface area contributed by atoms with Crippen LogP contribution in [0.2, 0.25) is 0 Å². The van der Waals surface area contributed by atoms with Crippen LogP contribution in [0.3, 0.4) is 0 Å². The molecule has 0 unspecified atom stereocenters. The summed E-state index contributed by atoms with van der Waals surface area (Å²) in [5.74, 6) is 0. The second-order valence-electron chi connectivity index (χ2n) is 2.95. The summed E-state index contributed by atoms with van der Waals surface area (Å²) in [4.78, 5) is 13.8. The van der Waals surface area contributed by atoms with Gasteiger partial charge in [0.05, 0.1) is 0 Å². The molecule has 0 aromatic rings. The molecule has 0 atom stereocenters. The van der Waals surface area contributed by atoms with Crippen LogP contribution in [0.4, 0.5) is 4.79 Å². The smallest absolute Gasteiger partial charge is 0.426 e. The molecule has 0 heterocycles. The molecule has 0 aromatic heterocycles. The fourth-order valence-electron chi connectivity index (χ4n) is 0.897. The first-order valence-electron chi connectivity index (χ1n) is 3.56. The minimum absolute atomic E-state index is 0.561. The van der Waals surface area contributed by atoms with Crippen LogP contribution in [0.1, 0.15) is 33.6 Å². The molecule has 0 saturated carbocycles. The third kappa shape index (κ3) is 4.61. The molecule has 0 amide bonds. The summed E-state index contributed by atoms with van der Waals surface area (Å²) in [5, 5.41) is 7.89. The molecule has 0 aliphatic heterocycles. The summed E-state index contributed by atoms with van der Waals surface area (Å²) in [6, 6.07) is 0. The van der Waals surface area contributed by atoms with E-state index in [9.17, 15) is 4.79 Å². The molecule has 0 aromatic carbocycles. The normalized spacial score (nSPS) is 10.9. The molecule has 0 aliphatic carbocycles. The van der Waals surface area contributed by atoms with Crippen molar-refractivity contribution in [1.82, 2.24) is 0 Å². The van der Waals surface area contributed by atoms with Gasteiger partial charge in [-0.15, -0.1) is 0 Å². The van der Waals surface area contributed by atoms with Crippen molar-refractivity contribution < 1.29 is 19.7 Å². The van der Waals surface area contributed by atoms with Gasteiger partial charge < -0.3 is 4.74 Å². The monoisotopic (exact) mass is 162 g/mol. The Morgan fingerprint density at radius 2 is 2.09 bits per heavy atom. The van der Waals surface area contributed by atoms with Crippen LogP contribution in [-0.4, -0.2) is 17.0 Å². The van der Waals surface area contributed by atoms with Gasteiger partial charge in [0, 0.05) is 0 Å². The van der Waals surface area contributed by atoms with Gasteiger partial charge in [0.1, 0.15) is 5.60 Å². The first-order valence-corrected chi connectivity index (χ1v) is 3.56. The third-order valence-electron chi connectivity index (χ3n) is 1.29. The Kier molecular flexibility index (Phi) is 3.89. The van der Waals surface area contributed by atoms with Gasteiger partial charge in [-0.25, -0.2) is 4.79 Å². The van der Waals surface area contributed by atoms with E-state index in [0.717, 1.165) is 12.8 Å². The van der Waals surface area contributed by atoms with Gasteiger partial charge in [0.25, 0.3) is 0 Å². The molecule has 0 radical (unpaired) electrons. The minimum Gasteiger partial charge on any atom is -0.426 e. The SMILES string of the molecule is CCCC(C)(C)OC(=O)OO. The van der Waals surface area contributed by atoms with Crippen LogP contribution in [0.15, 0.2) is 0 Å². The lowest BCUT2D eigenvalue weighted by Gasteiger charge is -2.22. The molecule has 66 valence electrons. The van der Waals surface area contributed by atoms with Crippen molar-refractivity contribution in [3.63, 3.8) is 0 Å². The van der Waals surface area contributed by atoms with E-state index in [2.05, 4.69) is 4.89 Å². The van der Waals surface area contributed by atoms with Crippen LogP contribution < -0.4 is 0 Å². The zero-order chi connectivity index (χ0) is 8.91. The number of ether oxygens (including phenoxy) is 1. The lowest BCUT2D eigenvalue weighted by Crippen LogP contribution is -2.27. The largest absolute Gasteiger partial charge is 0.540 e. The van der Waals surface area contributed by atoms with E-state index in [1.54, 1.807) is 13.8 Å². The van der Waals surface area contributed by atoms with Crippen molar-refractivity contribution in [3.05, 3.63) is 0 Å². The zero-order valence-corrected chi connectivity index (χ0v) is 7.09. The van der Waals surface area contributed by atoms with E-state index in [1.165, 1.54) is 0 Å². The average Bonchev–Trinajstić information content (AvgIpc) is 1.86. The van der Waals surface area contributed by atoms with E-state index in [-0.39, 0.29) is 0 Å². The number of hydrogen-bond acceptors (Lipinski definition) is 4. The standard InChI is InChI=1S/C7H14O4/c1-4-5-7(2,3)10-6(8)11-9/h9H,4-5H2,1-3H3. The molecule has 11 heavy (non-hydrogen) atoms. The van der Waals surface area contributed by atoms with E-state index in [1.807, 2.05) is 6.92 Å². The van der Waals surface area contributed by atoms with Gasteiger partial charge >= 0.3 is 6.16 Å². The van der Waals surface area contributed by atoms with E-state index < -0.39 is 11.8 Å². The Balaban J connectivity index is 3.80. The molecular formula is C7H14O4. The molecule has 0 fully saturated rings. The van der Waals surface area contributed by atoms with Crippen molar-refractivity contribution in [2.24, 2.45) is 0 Å². The lowest BCUT2D eigenvalue weighted by molar-refractivity contribution is -0.211. The summed E-state index contributed by atoms with van der Waals surface area (Å²) >= 11 is 0. The summed E-state index contributed by atoms with van der Waals surface area (Å²) in [7, 11) is 0. The first-order chi connectivity index (χ1) is 5.02. The highest BCUT2D eigenvalue weighted by Crippen LogP contribution is 2.16. The Morgan fingerprint density at radius 3 is 2.45 bits per heavy atom. The van der Waals surface area contributed by atoms with Gasteiger partial charge in [0.15, 0.2) is 0 Å². The summed E-state index contributed by atoms with van der Waals surface area (Å²) in [5.41, 5.74) is -0.561. The molecule has 0 rings (SSSR count). The van der Waals surface area contributed by atoms with Crippen molar-refractivity contribution in [2.75, 3.05) is 0 Å². The topological polar surface area (TPSA) is 55.8 Å². The fraction of sp³-hybridized carbons (Fsp3) is 0.857. The number of carbonyl (C=O) groups is 1. The maximum atomic E-state index is 10.4. The third-order valence-corrected chi connectivity index (χ3v) is 1.29.